The Hall–Kier alpha value is -1.61. The summed E-state index contributed by atoms with van der Waals surface area (Å²) >= 11 is 0. The third kappa shape index (κ3) is 2.31. The van der Waals surface area contributed by atoms with E-state index in [0.717, 1.165) is 16.9 Å². The van der Waals surface area contributed by atoms with Crippen LogP contribution >= 0.6 is 0 Å². The van der Waals surface area contributed by atoms with Crippen LogP contribution in [0.1, 0.15) is 18.2 Å². The smallest absolute Gasteiger partial charge is 0.0683 e. The minimum Gasteiger partial charge on any atom is -0.393 e. The van der Waals surface area contributed by atoms with Crippen LogP contribution in [-0.4, -0.2) is 21.0 Å². The fraction of sp³-hybridized carbons (Fsp3) is 0.308. The molecule has 0 aliphatic heterocycles. The first-order chi connectivity index (χ1) is 7.66. The lowest BCUT2D eigenvalue weighted by molar-refractivity contribution is 0.194. The second kappa shape index (κ2) is 4.49. The van der Waals surface area contributed by atoms with Crippen molar-refractivity contribution in [2.24, 2.45) is 0 Å². The fourth-order valence-corrected chi connectivity index (χ4v) is 1.69. The predicted octanol–water partition coefficient (Wildman–Crippen LogP) is 2.10. The summed E-state index contributed by atoms with van der Waals surface area (Å²) in [6, 6.07) is 9.98. The monoisotopic (exact) mass is 216 g/mol. The molecule has 0 saturated carbocycles. The first-order valence-electron chi connectivity index (χ1n) is 5.45. The molecule has 0 radical (unpaired) electrons. The molecule has 0 fully saturated rings. The highest BCUT2D eigenvalue weighted by molar-refractivity contribution is 5.32. The predicted molar refractivity (Wildman–Crippen MR) is 63.7 cm³/mol. The second-order valence-electron chi connectivity index (χ2n) is 4.09. The zero-order chi connectivity index (χ0) is 11.5. The normalized spacial score (nSPS) is 12.7. The lowest BCUT2D eigenvalue weighted by Crippen LogP contribution is -2.06. The van der Waals surface area contributed by atoms with Gasteiger partial charge in [0.15, 0.2) is 0 Å². The highest BCUT2D eigenvalue weighted by atomic mass is 16.3. The van der Waals surface area contributed by atoms with Crippen LogP contribution in [0.3, 0.4) is 0 Å². The number of hydrogen-bond acceptors (Lipinski definition) is 2. The maximum absolute atomic E-state index is 9.36. The zero-order valence-corrected chi connectivity index (χ0v) is 9.59. The minimum absolute atomic E-state index is 0.349. The average Bonchev–Trinajstić information content (AvgIpc) is 2.61. The highest BCUT2D eigenvalue weighted by Gasteiger charge is 2.08. The first kappa shape index (κ1) is 10.9. The van der Waals surface area contributed by atoms with Gasteiger partial charge < -0.3 is 5.11 Å². The Morgan fingerprint density at radius 1 is 1.31 bits per heavy atom. The number of aryl methyl sites for hydroxylation is 1. The van der Waals surface area contributed by atoms with E-state index in [4.69, 9.17) is 0 Å². The molecule has 1 atom stereocenters. The van der Waals surface area contributed by atoms with Gasteiger partial charge in [-0.1, -0.05) is 18.2 Å². The summed E-state index contributed by atoms with van der Waals surface area (Å²) in [7, 11) is 0. The van der Waals surface area contributed by atoms with Gasteiger partial charge in [-0.05, 0) is 31.5 Å². The van der Waals surface area contributed by atoms with Gasteiger partial charge in [0.2, 0.25) is 0 Å². The van der Waals surface area contributed by atoms with Gasteiger partial charge in [0.1, 0.15) is 0 Å². The van der Waals surface area contributed by atoms with Gasteiger partial charge in [0, 0.05) is 12.6 Å². The molecule has 1 aromatic heterocycles. The first-order valence-corrected chi connectivity index (χ1v) is 5.45. The van der Waals surface area contributed by atoms with Crippen molar-refractivity contribution >= 4 is 0 Å². The topological polar surface area (TPSA) is 38.0 Å². The Kier molecular flexibility index (Phi) is 3.06. The minimum atomic E-state index is -0.349. The largest absolute Gasteiger partial charge is 0.393 e. The number of aliphatic hydroxyl groups is 1. The van der Waals surface area contributed by atoms with E-state index in [1.807, 2.05) is 48.1 Å². The average molecular weight is 216 g/mol. The molecule has 3 heteroatoms. The zero-order valence-electron chi connectivity index (χ0n) is 9.59. The lowest BCUT2D eigenvalue weighted by Gasteiger charge is -2.01. The van der Waals surface area contributed by atoms with Gasteiger partial charge in [-0.15, -0.1) is 0 Å². The summed E-state index contributed by atoms with van der Waals surface area (Å²) in [6.07, 6.45) is 2.25. The van der Waals surface area contributed by atoms with Crippen molar-refractivity contribution in [3.05, 3.63) is 47.8 Å². The van der Waals surface area contributed by atoms with Crippen LogP contribution in [0.5, 0.6) is 0 Å². The maximum atomic E-state index is 9.36. The Labute approximate surface area is 95.3 Å². The van der Waals surface area contributed by atoms with Crippen molar-refractivity contribution < 1.29 is 5.11 Å². The van der Waals surface area contributed by atoms with Crippen LogP contribution < -0.4 is 0 Å². The molecule has 0 bridgehead atoms. The summed E-state index contributed by atoms with van der Waals surface area (Å²) < 4.78 is 1.85. The van der Waals surface area contributed by atoms with Crippen LogP contribution in [0.4, 0.5) is 0 Å². The molecule has 0 aliphatic rings. The van der Waals surface area contributed by atoms with Crippen molar-refractivity contribution in [1.82, 2.24) is 9.78 Å². The van der Waals surface area contributed by atoms with Gasteiger partial charge in [-0.25, -0.2) is 4.68 Å². The van der Waals surface area contributed by atoms with Crippen molar-refractivity contribution in [3.8, 4) is 5.69 Å². The number of para-hydroxylation sites is 1. The lowest BCUT2D eigenvalue weighted by atomic mass is 10.1. The molecule has 0 aliphatic carbocycles. The molecular formula is C13H16N2O. The van der Waals surface area contributed by atoms with E-state index < -0.39 is 0 Å². The fourth-order valence-electron chi connectivity index (χ4n) is 1.69. The second-order valence-corrected chi connectivity index (χ2v) is 4.09. The van der Waals surface area contributed by atoms with Crippen LogP contribution in [-0.2, 0) is 6.42 Å². The van der Waals surface area contributed by atoms with Gasteiger partial charge >= 0.3 is 0 Å². The van der Waals surface area contributed by atoms with Gasteiger partial charge in [-0.2, -0.15) is 5.10 Å². The van der Waals surface area contributed by atoms with E-state index in [1.165, 1.54) is 0 Å². The summed E-state index contributed by atoms with van der Waals surface area (Å²) in [5.74, 6) is 0. The van der Waals surface area contributed by atoms with E-state index >= 15 is 0 Å². The van der Waals surface area contributed by atoms with E-state index in [1.54, 1.807) is 6.92 Å². The van der Waals surface area contributed by atoms with Crippen molar-refractivity contribution in [2.75, 3.05) is 0 Å². The molecular weight excluding hydrogens is 200 g/mol. The van der Waals surface area contributed by atoms with Crippen molar-refractivity contribution in [3.63, 3.8) is 0 Å². The Bertz CT molecular complexity index is 460. The number of nitrogens with zero attached hydrogens (tertiary/aromatic N) is 2. The van der Waals surface area contributed by atoms with Gasteiger partial charge in [0.25, 0.3) is 0 Å². The molecule has 1 N–H and O–H groups in total. The van der Waals surface area contributed by atoms with Crippen molar-refractivity contribution in [1.29, 1.82) is 0 Å². The summed E-state index contributed by atoms with van der Waals surface area (Å²) in [5, 5.41) is 13.8. The molecule has 2 rings (SSSR count). The third-order valence-corrected chi connectivity index (χ3v) is 2.51. The molecule has 0 saturated heterocycles. The standard InChI is InChI=1S/C13H16N2O/c1-10-9-15(12-6-4-3-5-7-12)14-13(10)8-11(2)16/h3-7,9,11,16H,8H2,1-2H3/t11-/m1/s1. The molecule has 1 aromatic carbocycles. The third-order valence-electron chi connectivity index (χ3n) is 2.51. The van der Waals surface area contributed by atoms with E-state index in [-0.39, 0.29) is 6.10 Å². The Morgan fingerprint density at radius 3 is 2.62 bits per heavy atom. The Balaban J connectivity index is 2.31. The van der Waals surface area contributed by atoms with Gasteiger partial charge in [-0.3, -0.25) is 0 Å². The molecule has 0 amide bonds. The molecule has 0 spiro atoms. The highest BCUT2D eigenvalue weighted by Crippen LogP contribution is 2.12. The molecule has 3 nitrogen and oxygen atoms in total. The number of hydrogen-bond donors (Lipinski definition) is 1. The number of rotatable bonds is 3. The molecule has 1 heterocycles. The summed E-state index contributed by atoms with van der Waals surface area (Å²) in [4.78, 5) is 0. The molecule has 16 heavy (non-hydrogen) atoms. The quantitative estimate of drug-likeness (QED) is 0.853. The molecule has 2 aromatic rings. The number of aromatic nitrogens is 2. The maximum Gasteiger partial charge on any atom is 0.0683 e. The number of benzene rings is 1. The van der Waals surface area contributed by atoms with E-state index in [9.17, 15) is 5.11 Å². The van der Waals surface area contributed by atoms with Crippen molar-refractivity contribution in [2.45, 2.75) is 26.4 Å². The van der Waals surface area contributed by atoms with E-state index in [2.05, 4.69) is 5.10 Å². The number of aliphatic hydroxyl groups excluding tert-OH is 1. The van der Waals surface area contributed by atoms with Crippen LogP contribution in [0.25, 0.3) is 5.69 Å². The van der Waals surface area contributed by atoms with E-state index in [0.29, 0.717) is 6.42 Å². The van der Waals surface area contributed by atoms with Crippen LogP contribution in [0, 0.1) is 6.92 Å². The van der Waals surface area contributed by atoms with Crippen LogP contribution in [0.15, 0.2) is 36.5 Å². The summed E-state index contributed by atoms with van der Waals surface area (Å²) in [6.45, 7) is 3.80. The molecule has 0 unspecified atom stereocenters. The van der Waals surface area contributed by atoms with Gasteiger partial charge in [0.05, 0.1) is 17.5 Å². The Morgan fingerprint density at radius 2 is 2.00 bits per heavy atom. The molecule has 84 valence electrons. The van der Waals surface area contributed by atoms with Crippen LogP contribution in [0.2, 0.25) is 0 Å². The summed E-state index contributed by atoms with van der Waals surface area (Å²) in [5.41, 5.74) is 3.12. The SMILES string of the molecule is Cc1cn(-c2ccccc2)nc1C[C@@H](C)O.